The summed E-state index contributed by atoms with van der Waals surface area (Å²) in [6, 6.07) is 1.48. The number of halogens is 2. The van der Waals surface area contributed by atoms with Gasteiger partial charge in [0.2, 0.25) is 0 Å². The Morgan fingerprint density at radius 3 is 2.72 bits per heavy atom. The van der Waals surface area contributed by atoms with E-state index in [4.69, 9.17) is 23.2 Å². The molecule has 1 aromatic carbocycles. The third kappa shape index (κ3) is 2.13. The number of rotatable bonds is 2. The lowest BCUT2D eigenvalue weighted by atomic mass is 10.1. The van der Waals surface area contributed by atoms with E-state index < -0.39 is 0 Å². The number of nitrogens with zero attached hydrogens (tertiary/aromatic N) is 2. The van der Waals surface area contributed by atoms with Crippen molar-refractivity contribution in [2.45, 2.75) is 20.4 Å². The van der Waals surface area contributed by atoms with Crippen molar-refractivity contribution in [1.29, 1.82) is 0 Å². The van der Waals surface area contributed by atoms with Crippen LogP contribution in [0.2, 0.25) is 10.0 Å². The number of hydrogen-bond donors (Lipinski definition) is 0. The molecule has 0 atom stereocenters. The van der Waals surface area contributed by atoms with Crippen molar-refractivity contribution in [3.63, 3.8) is 0 Å². The van der Waals surface area contributed by atoms with Crippen LogP contribution < -0.4 is 5.56 Å². The van der Waals surface area contributed by atoms with Crippen LogP contribution in [-0.4, -0.2) is 15.3 Å². The maximum atomic E-state index is 12.1. The van der Waals surface area contributed by atoms with Crippen molar-refractivity contribution in [2.24, 2.45) is 0 Å². The summed E-state index contributed by atoms with van der Waals surface area (Å²) in [6.45, 7) is 3.16. The summed E-state index contributed by atoms with van der Waals surface area (Å²) in [5.74, 6) is -0.116. The Hall–Kier alpha value is -1.39. The molecule has 0 bridgehead atoms. The van der Waals surface area contributed by atoms with Crippen LogP contribution in [0.1, 0.15) is 12.5 Å². The molecule has 18 heavy (non-hydrogen) atoms. The van der Waals surface area contributed by atoms with Gasteiger partial charge in [0.05, 0.1) is 33.8 Å². The first kappa shape index (κ1) is 13.1. The van der Waals surface area contributed by atoms with Gasteiger partial charge in [0.25, 0.3) is 5.56 Å². The number of Topliss-reactive ketones (excluding diaryl/α,β-unsaturated/α-hetero) is 1. The molecule has 94 valence electrons. The molecule has 0 radical (unpaired) electrons. The SMILES string of the molecule is CC(=O)Cn1cnc2c(C)c(Cl)c(Cl)cc2c1=O. The highest BCUT2D eigenvalue weighted by molar-refractivity contribution is 6.43. The predicted octanol–water partition coefficient (Wildman–Crippen LogP) is 2.60. The van der Waals surface area contributed by atoms with E-state index in [0.29, 0.717) is 26.5 Å². The summed E-state index contributed by atoms with van der Waals surface area (Å²) in [5, 5.41) is 1.06. The van der Waals surface area contributed by atoms with Gasteiger partial charge < -0.3 is 0 Å². The molecule has 0 spiro atoms. The molecule has 0 N–H and O–H groups in total. The fraction of sp³-hybridized carbons (Fsp3) is 0.250. The molecule has 0 aliphatic heterocycles. The number of aryl methyl sites for hydroxylation is 1. The highest BCUT2D eigenvalue weighted by atomic mass is 35.5. The van der Waals surface area contributed by atoms with E-state index in [1.54, 1.807) is 6.92 Å². The Morgan fingerprint density at radius 1 is 1.44 bits per heavy atom. The second-order valence-corrected chi connectivity index (χ2v) is 4.86. The molecule has 0 saturated heterocycles. The highest BCUT2D eigenvalue weighted by Gasteiger charge is 2.12. The van der Waals surface area contributed by atoms with E-state index in [1.165, 1.54) is 23.9 Å². The van der Waals surface area contributed by atoms with Gasteiger partial charge in [0.15, 0.2) is 0 Å². The number of carbonyl (C=O) groups is 1. The minimum atomic E-state index is -0.295. The first-order valence-electron chi connectivity index (χ1n) is 5.25. The van der Waals surface area contributed by atoms with Crippen LogP contribution in [0.3, 0.4) is 0 Å². The molecule has 6 heteroatoms. The minimum absolute atomic E-state index is 0.00106. The van der Waals surface area contributed by atoms with Crippen LogP contribution in [0.4, 0.5) is 0 Å². The third-order valence-corrected chi connectivity index (χ3v) is 3.51. The van der Waals surface area contributed by atoms with E-state index in [-0.39, 0.29) is 17.9 Å². The normalized spacial score (nSPS) is 10.9. The lowest BCUT2D eigenvalue weighted by Crippen LogP contribution is -2.23. The molecule has 2 rings (SSSR count). The predicted molar refractivity (Wildman–Crippen MR) is 71.4 cm³/mol. The molecule has 0 saturated carbocycles. The average molecular weight is 285 g/mol. The van der Waals surface area contributed by atoms with E-state index in [0.717, 1.165) is 0 Å². The van der Waals surface area contributed by atoms with Crippen LogP contribution in [0.25, 0.3) is 10.9 Å². The molecular weight excluding hydrogens is 275 g/mol. The first-order chi connectivity index (χ1) is 8.41. The van der Waals surface area contributed by atoms with Gasteiger partial charge in [-0.3, -0.25) is 14.2 Å². The van der Waals surface area contributed by atoms with Crippen molar-refractivity contribution < 1.29 is 4.79 Å². The standard InChI is InChI=1S/C12H10Cl2N2O2/c1-6(17)4-16-5-15-11-7(2)10(14)9(13)3-8(11)12(16)18/h3,5H,4H2,1-2H3. The molecule has 0 fully saturated rings. The molecule has 0 aliphatic carbocycles. The number of ketones is 1. The molecule has 1 aromatic heterocycles. The van der Waals surface area contributed by atoms with Crippen LogP contribution in [-0.2, 0) is 11.3 Å². The average Bonchev–Trinajstić information content (AvgIpc) is 2.30. The summed E-state index contributed by atoms with van der Waals surface area (Å²) >= 11 is 11.9. The molecule has 0 unspecified atom stereocenters. The van der Waals surface area contributed by atoms with Crippen LogP contribution in [0, 0.1) is 6.92 Å². The zero-order chi connectivity index (χ0) is 13.4. The van der Waals surface area contributed by atoms with Gasteiger partial charge in [-0.2, -0.15) is 0 Å². The lowest BCUT2D eigenvalue weighted by Gasteiger charge is -2.08. The zero-order valence-electron chi connectivity index (χ0n) is 9.83. The quantitative estimate of drug-likeness (QED) is 0.852. The van der Waals surface area contributed by atoms with Crippen molar-refractivity contribution in [1.82, 2.24) is 9.55 Å². The van der Waals surface area contributed by atoms with Crippen molar-refractivity contribution >= 4 is 39.9 Å². The van der Waals surface area contributed by atoms with Gasteiger partial charge in [-0.15, -0.1) is 0 Å². The van der Waals surface area contributed by atoms with E-state index in [1.807, 2.05) is 0 Å². The summed E-state index contributed by atoms with van der Waals surface area (Å²) < 4.78 is 1.26. The van der Waals surface area contributed by atoms with Crippen molar-refractivity contribution in [3.05, 3.63) is 38.4 Å². The smallest absolute Gasteiger partial charge is 0.261 e. The molecule has 0 aliphatic rings. The van der Waals surface area contributed by atoms with Gasteiger partial charge in [-0.05, 0) is 25.5 Å². The van der Waals surface area contributed by atoms with Gasteiger partial charge in [0, 0.05) is 0 Å². The molecule has 2 aromatic rings. The Bertz CT molecular complexity index is 707. The monoisotopic (exact) mass is 284 g/mol. The number of hydrogen-bond acceptors (Lipinski definition) is 3. The fourth-order valence-electron chi connectivity index (χ4n) is 1.76. The number of benzene rings is 1. The Kier molecular flexibility index (Phi) is 3.41. The second-order valence-electron chi connectivity index (χ2n) is 4.07. The lowest BCUT2D eigenvalue weighted by molar-refractivity contribution is -0.117. The van der Waals surface area contributed by atoms with Crippen molar-refractivity contribution in [3.8, 4) is 0 Å². The molecule has 1 heterocycles. The van der Waals surface area contributed by atoms with E-state index in [2.05, 4.69) is 4.98 Å². The molecule has 4 nitrogen and oxygen atoms in total. The fourth-order valence-corrected chi connectivity index (χ4v) is 2.15. The van der Waals surface area contributed by atoms with Gasteiger partial charge in [-0.1, -0.05) is 23.2 Å². The maximum Gasteiger partial charge on any atom is 0.261 e. The van der Waals surface area contributed by atoms with Crippen LogP contribution >= 0.6 is 23.2 Å². The topological polar surface area (TPSA) is 52.0 Å². The summed E-state index contributed by atoms with van der Waals surface area (Å²) in [5.41, 5.74) is 0.873. The summed E-state index contributed by atoms with van der Waals surface area (Å²) in [4.78, 5) is 27.4. The van der Waals surface area contributed by atoms with Gasteiger partial charge in [0.1, 0.15) is 5.78 Å². The number of fused-ring (bicyclic) bond motifs is 1. The Balaban J connectivity index is 2.80. The number of carbonyl (C=O) groups excluding carboxylic acids is 1. The maximum absolute atomic E-state index is 12.1. The first-order valence-corrected chi connectivity index (χ1v) is 6.00. The highest BCUT2D eigenvalue weighted by Crippen LogP contribution is 2.29. The van der Waals surface area contributed by atoms with E-state index in [9.17, 15) is 9.59 Å². The van der Waals surface area contributed by atoms with Gasteiger partial charge in [-0.25, -0.2) is 4.98 Å². The third-order valence-electron chi connectivity index (χ3n) is 2.63. The molecular formula is C12H10Cl2N2O2. The number of aromatic nitrogens is 2. The second kappa shape index (κ2) is 4.71. The summed E-state index contributed by atoms with van der Waals surface area (Å²) in [6.07, 6.45) is 1.35. The van der Waals surface area contributed by atoms with E-state index >= 15 is 0 Å². The molecule has 0 amide bonds. The summed E-state index contributed by atoms with van der Waals surface area (Å²) in [7, 11) is 0. The largest absolute Gasteiger partial charge is 0.298 e. The van der Waals surface area contributed by atoms with Crippen molar-refractivity contribution in [2.75, 3.05) is 0 Å². The van der Waals surface area contributed by atoms with Crippen LogP contribution in [0.15, 0.2) is 17.2 Å². The zero-order valence-corrected chi connectivity index (χ0v) is 11.3. The minimum Gasteiger partial charge on any atom is -0.298 e. The van der Waals surface area contributed by atoms with Gasteiger partial charge >= 0.3 is 0 Å². The van der Waals surface area contributed by atoms with Crippen LogP contribution in [0.5, 0.6) is 0 Å². The Labute approximate surface area is 113 Å². The Morgan fingerprint density at radius 2 is 2.11 bits per heavy atom.